The number of carbonyl (C=O) groups is 3. The molecule has 3 heterocycles. The Labute approximate surface area is 232 Å². The van der Waals surface area contributed by atoms with E-state index in [2.05, 4.69) is 4.98 Å². The summed E-state index contributed by atoms with van der Waals surface area (Å²) in [6, 6.07) is 13.1. The van der Waals surface area contributed by atoms with Crippen LogP contribution in [0, 0.1) is 5.92 Å². The third kappa shape index (κ3) is 5.27. The van der Waals surface area contributed by atoms with Gasteiger partial charge in [0.15, 0.2) is 0 Å². The fourth-order valence-electron chi connectivity index (χ4n) is 5.91. The summed E-state index contributed by atoms with van der Waals surface area (Å²) in [4.78, 5) is 47.6. The molecular weight excluding hydrogens is 523 g/mol. The van der Waals surface area contributed by atoms with E-state index in [-0.39, 0.29) is 35.6 Å². The number of halogens is 2. The van der Waals surface area contributed by atoms with Crippen molar-refractivity contribution >= 4 is 51.8 Å². The summed E-state index contributed by atoms with van der Waals surface area (Å²) >= 11 is 12.6. The normalized spacial score (nSPS) is 20.5. The first-order chi connectivity index (χ1) is 18.2. The van der Waals surface area contributed by atoms with Gasteiger partial charge in [0.1, 0.15) is 0 Å². The molecule has 3 amide bonds. The Morgan fingerprint density at radius 2 is 1.66 bits per heavy atom. The summed E-state index contributed by atoms with van der Waals surface area (Å²) in [5, 5.41) is 1.91. The number of piperidine rings is 2. The monoisotopic (exact) mass is 554 g/mol. The first-order valence-corrected chi connectivity index (χ1v) is 13.8. The average molecular weight is 556 g/mol. The smallest absolute Gasteiger partial charge is 0.253 e. The number of rotatable bonds is 4. The molecule has 9 heteroatoms. The lowest BCUT2D eigenvalue weighted by Gasteiger charge is -2.44. The molecule has 5 rings (SSSR count). The van der Waals surface area contributed by atoms with Crippen LogP contribution in [0.25, 0.3) is 10.9 Å². The molecule has 0 radical (unpaired) electrons. The van der Waals surface area contributed by atoms with Crippen molar-refractivity contribution in [3.63, 3.8) is 0 Å². The van der Waals surface area contributed by atoms with Gasteiger partial charge in [-0.2, -0.15) is 0 Å². The zero-order chi connectivity index (χ0) is 27.0. The molecule has 2 saturated heterocycles. The number of nitrogens with zero attached hydrogens (tertiary/aromatic N) is 3. The highest BCUT2D eigenvalue weighted by molar-refractivity contribution is 6.42. The van der Waals surface area contributed by atoms with Gasteiger partial charge in [-0.25, -0.2) is 0 Å². The zero-order valence-corrected chi connectivity index (χ0v) is 23.1. The van der Waals surface area contributed by atoms with Crippen LogP contribution in [0.3, 0.4) is 0 Å². The Kier molecular flexibility index (Phi) is 7.68. The maximum Gasteiger partial charge on any atom is 0.253 e. The number of likely N-dealkylation sites (tertiary alicyclic amines) is 2. The molecule has 2 aliphatic rings. The molecule has 200 valence electrons. The second kappa shape index (κ2) is 11.0. The van der Waals surface area contributed by atoms with Crippen LogP contribution in [0.15, 0.2) is 48.7 Å². The van der Waals surface area contributed by atoms with Gasteiger partial charge >= 0.3 is 0 Å². The third-order valence-corrected chi connectivity index (χ3v) is 8.91. The van der Waals surface area contributed by atoms with Crippen LogP contribution >= 0.6 is 23.2 Å². The van der Waals surface area contributed by atoms with Crippen molar-refractivity contribution in [3.8, 4) is 0 Å². The lowest BCUT2D eigenvalue weighted by molar-refractivity contribution is -0.141. The number of nitrogens with one attached hydrogen (secondary N) is 1. The van der Waals surface area contributed by atoms with Gasteiger partial charge in [-0.15, -0.1) is 0 Å². The molecule has 1 aromatic heterocycles. The number of carbonyl (C=O) groups excluding carboxylic acids is 3. The van der Waals surface area contributed by atoms with Crippen LogP contribution in [-0.4, -0.2) is 76.7 Å². The molecule has 2 unspecified atom stereocenters. The topological polar surface area (TPSA) is 76.7 Å². The van der Waals surface area contributed by atoms with Crippen LogP contribution in [0.5, 0.6) is 0 Å². The number of aromatic nitrogens is 1. The van der Waals surface area contributed by atoms with Gasteiger partial charge in [0, 0.05) is 80.7 Å². The number of fused-ring (bicyclic) bond motifs is 1. The molecule has 3 aromatic rings. The summed E-state index contributed by atoms with van der Waals surface area (Å²) in [5.41, 5.74) is 2.57. The van der Waals surface area contributed by atoms with Gasteiger partial charge in [-0.05, 0) is 61.2 Å². The quantitative estimate of drug-likeness (QED) is 0.482. The van der Waals surface area contributed by atoms with Crippen LogP contribution in [0.4, 0.5) is 0 Å². The predicted molar refractivity (Wildman–Crippen MR) is 150 cm³/mol. The molecule has 0 spiro atoms. The highest BCUT2D eigenvalue weighted by atomic mass is 35.5. The minimum atomic E-state index is -0.121. The van der Waals surface area contributed by atoms with E-state index in [4.69, 9.17) is 23.2 Å². The van der Waals surface area contributed by atoms with E-state index in [0.29, 0.717) is 61.1 Å². The number of hydrogen-bond acceptors (Lipinski definition) is 3. The van der Waals surface area contributed by atoms with Crippen LogP contribution in [0.1, 0.15) is 48.0 Å². The van der Waals surface area contributed by atoms with Crippen LogP contribution < -0.4 is 0 Å². The minimum absolute atomic E-state index is 0.0553. The Morgan fingerprint density at radius 3 is 2.37 bits per heavy atom. The van der Waals surface area contributed by atoms with E-state index in [1.807, 2.05) is 59.4 Å². The summed E-state index contributed by atoms with van der Waals surface area (Å²) < 4.78 is 0. The maximum atomic E-state index is 13.6. The molecule has 2 aromatic carbocycles. The van der Waals surface area contributed by atoms with Crippen LogP contribution in [0.2, 0.25) is 10.0 Å². The first-order valence-electron chi connectivity index (χ1n) is 13.1. The van der Waals surface area contributed by atoms with Gasteiger partial charge in [0.05, 0.1) is 10.0 Å². The van der Waals surface area contributed by atoms with Crippen molar-refractivity contribution in [1.29, 1.82) is 0 Å². The molecule has 2 aliphatic heterocycles. The van der Waals surface area contributed by atoms with Crippen molar-refractivity contribution in [2.75, 3.05) is 33.2 Å². The van der Waals surface area contributed by atoms with Gasteiger partial charge in [0.2, 0.25) is 11.8 Å². The lowest BCUT2D eigenvalue weighted by atomic mass is 9.83. The summed E-state index contributed by atoms with van der Waals surface area (Å²) in [7, 11) is 1.84. The fourth-order valence-corrected chi connectivity index (χ4v) is 6.22. The average Bonchev–Trinajstić information content (AvgIpc) is 3.41. The Bertz CT molecular complexity index is 1360. The largest absolute Gasteiger partial charge is 0.361 e. The molecule has 7 nitrogen and oxygen atoms in total. The number of aromatic amines is 1. The summed E-state index contributed by atoms with van der Waals surface area (Å²) in [6.45, 7) is 3.86. The molecular formula is C29H32Cl2N4O3. The van der Waals surface area contributed by atoms with E-state index < -0.39 is 0 Å². The Morgan fingerprint density at radius 1 is 0.921 bits per heavy atom. The van der Waals surface area contributed by atoms with E-state index in [1.54, 1.807) is 17.9 Å². The molecule has 2 atom stereocenters. The summed E-state index contributed by atoms with van der Waals surface area (Å²) in [6.07, 6.45) is 3.86. The number of hydrogen-bond donors (Lipinski definition) is 1. The standard InChI is InChI=1S/C29H32Cl2N4O3/c1-18(36)34-12-8-19(9-13-34)29(38)35-14-10-27(23(17-35)20-3-5-24(30)25(31)16-20)33(2)28(37)22-4-6-26-21(15-22)7-11-32-26/h3-7,11,15-16,19,23,27,32H,8-10,12-14,17H2,1-2H3. The van der Waals surface area contributed by atoms with E-state index >= 15 is 0 Å². The van der Waals surface area contributed by atoms with Crippen molar-refractivity contribution in [2.24, 2.45) is 5.92 Å². The first kappa shape index (κ1) is 26.6. The molecule has 2 fully saturated rings. The zero-order valence-electron chi connectivity index (χ0n) is 21.6. The molecule has 0 aliphatic carbocycles. The van der Waals surface area contributed by atoms with Crippen LogP contribution in [-0.2, 0) is 9.59 Å². The molecule has 0 bridgehead atoms. The number of benzene rings is 2. The highest BCUT2D eigenvalue weighted by Gasteiger charge is 2.39. The SMILES string of the molecule is CC(=O)N1CCC(C(=O)N2CCC(N(C)C(=O)c3ccc4[nH]ccc4c3)C(c3ccc(Cl)c(Cl)c3)C2)CC1. The van der Waals surface area contributed by atoms with Crippen molar-refractivity contribution < 1.29 is 14.4 Å². The fraction of sp³-hybridized carbons (Fsp3) is 0.414. The molecule has 1 N–H and O–H groups in total. The van der Waals surface area contributed by atoms with E-state index in [1.165, 1.54) is 0 Å². The number of amides is 3. The van der Waals surface area contributed by atoms with Crippen molar-refractivity contribution in [3.05, 3.63) is 69.8 Å². The van der Waals surface area contributed by atoms with Gasteiger partial charge < -0.3 is 19.7 Å². The Hall–Kier alpha value is -3.03. The highest BCUT2D eigenvalue weighted by Crippen LogP contribution is 2.35. The second-order valence-corrected chi connectivity index (χ2v) is 11.2. The maximum absolute atomic E-state index is 13.6. The number of H-pyrrole nitrogens is 1. The van der Waals surface area contributed by atoms with Crippen molar-refractivity contribution in [1.82, 2.24) is 19.7 Å². The lowest BCUT2D eigenvalue weighted by Crippen LogP contribution is -2.53. The molecule has 38 heavy (non-hydrogen) atoms. The van der Waals surface area contributed by atoms with Gasteiger partial charge in [0.25, 0.3) is 5.91 Å². The molecule has 0 saturated carbocycles. The van der Waals surface area contributed by atoms with E-state index in [0.717, 1.165) is 16.5 Å². The number of likely N-dealkylation sites (N-methyl/N-ethyl adjacent to an activating group) is 1. The third-order valence-electron chi connectivity index (χ3n) is 8.17. The predicted octanol–water partition coefficient (Wildman–Crippen LogP) is 5.19. The van der Waals surface area contributed by atoms with E-state index in [9.17, 15) is 14.4 Å². The van der Waals surface area contributed by atoms with Gasteiger partial charge in [-0.1, -0.05) is 29.3 Å². The Balaban J connectivity index is 1.37. The second-order valence-electron chi connectivity index (χ2n) is 10.4. The minimum Gasteiger partial charge on any atom is -0.361 e. The van der Waals surface area contributed by atoms with Gasteiger partial charge in [-0.3, -0.25) is 14.4 Å². The summed E-state index contributed by atoms with van der Waals surface area (Å²) in [5.74, 6) is -0.0864. The van der Waals surface area contributed by atoms with Crippen molar-refractivity contribution in [2.45, 2.75) is 38.1 Å².